The lowest BCUT2D eigenvalue weighted by atomic mass is 9.79. The van der Waals surface area contributed by atoms with Crippen molar-refractivity contribution in [3.05, 3.63) is 104 Å². The predicted octanol–water partition coefficient (Wildman–Crippen LogP) is 13.2. The second kappa shape index (κ2) is 14.5. The Morgan fingerprint density at radius 1 is 0.463 bits per heavy atom. The molecule has 0 atom stereocenters. The fourth-order valence-corrected chi connectivity index (χ4v) is 8.20. The molecule has 6 rings (SSSR count). The summed E-state index contributed by atoms with van der Waals surface area (Å²) < 4.78 is 0. The minimum atomic E-state index is -0.227. The summed E-state index contributed by atoms with van der Waals surface area (Å²) in [6, 6.07) is 17.5. The zero-order valence-electron chi connectivity index (χ0n) is 35.2. The van der Waals surface area contributed by atoms with E-state index in [0.29, 0.717) is 11.5 Å². The fourth-order valence-electron chi connectivity index (χ4n) is 8.20. The van der Waals surface area contributed by atoms with E-state index in [1.54, 1.807) is 0 Å². The highest BCUT2D eigenvalue weighted by Gasteiger charge is 2.28. The molecular weight excluding hydrogens is 661 g/mol. The maximum Gasteiger partial charge on any atom is 0.128 e. The molecule has 286 valence electrons. The second-order valence-electron chi connectivity index (χ2n) is 20.0. The molecule has 0 saturated heterocycles. The van der Waals surface area contributed by atoms with Gasteiger partial charge in [0.2, 0.25) is 0 Å². The average molecular weight is 725 g/mol. The maximum absolute atomic E-state index is 11.7. The molecule has 0 bridgehead atoms. The van der Waals surface area contributed by atoms with E-state index in [-0.39, 0.29) is 21.7 Å². The molecule has 0 heterocycles. The van der Waals surface area contributed by atoms with Crippen LogP contribution >= 0.6 is 0 Å². The van der Waals surface area contributed by atoms with Crippen molar-refractivity contribution in [2.75, 3.05) is 0 Å². The lowest BCUT2D eigenvalue weighted by molar-refractivity contribution is 0.443. The number of aromatic hydroxyl groups is 2. The van der Waals surface area contributed by atoms with Gasteiger partial charge < -0.3 is 10.2 Å². The Hall–Kier alpha value is -4.18. The molecular formula is C50H64N2O2. The number of phenolic OH excluding ortho intramolecular Hbond substituents is 2. The van der Waals surface area contributed by atoms with Gasteiger partial charge in [-0.05, 0) is 131 Å². The van der Waals surface area contributed by atoms with Crippen LogP contribution in [0.5, 0.6) is 11.5 Å². The Morgan fingerprint density at radius 3 is 1.15 bits per heavy atom. The van der Waals surface area contributed by atoms with Crippen molar-refractivity contribution in [3.63, 3.8) is 0 Å². The third kappa shape index (κ3) is 8.09. The number of hydrogen-bond donors (Lipinski definition) is 2. The summed E-state index contributed by atoms with van der Waals surface area (Å²) in [6.45, 7) is 26.2. The van der Waals surface area contributed by atoms with Gasteiger partial charge in [-0.15, -0.1) is 0 Å². The maximum atomic E-state index is 11.7. The zero-order valence-corrected chi connectivity index (χ0v) is 35.2. The van der Waals surface area contributed by atoms with Gasteiger partial charge in [0.1, 0.15) is 11.5 Å². The van der Waals surface area contributed by atoms with E-state index in [9.17, 15) is 10.2 Å². The predicted molar refractivity (Wildman–Crippen MR) is 231 cm³/mol. The van der Waals surface area contributed by atoms with Crippen molar-refractivity contribution >= 4 is 23.8 Å². The monoisotopic (exact) mass is 724 g/mol. The first-order chi connectivity index (χ1) is 25.1. The van der Waals surface area contributed by atoms with Gasteiger partial charge >= 0.3 is 0 Å². The summed E-state index contributed by atoms with van der Waals surface area (Å²) in [4.78, 5) is 10.6. The average Bonchev–Trinajstić information content (AvgIpc) is 3.08. The van der Waals surface area contributed by atoms with E-state index in [2.05, 4.69) is 132 Å². The Bertz CT molecular complexity index is 1970. The van der Waals surface area contributed by atoms with Crippen LogP contribution < -0.4 is 0 Å². The van der Waals surface area contributed by atoms with Crippen LogP contribution in [0, 0.1) is 0 Å². The number of rotatable bonds is 5. The lowest BCUT2D eigenvalue weighted by Gasteiger charge is -2.27. The number of nitrogens with zero attached hydrogens (tertiary/aromatic N) is 2. The summed E-state index contributed by atoms with van der Waals surface area (Å²) in [5.41, 5.74) is 14.8. The molecule has 0 aromatic heterocycles. The van der Waals surface area contributed by atoms with Crippen LogP contribution in [0.2, 0.25) is 0 Å². The smallest absolute Gasteiger partial charge is 0.128 e. The topological polar surface area (TPSA) is 65.2 Å². The molecule has 2 aliphatic carbocycles. The Kier molecular flexibility index (Phi) is 10.6. The summed E-state index contributed by atoms with van der Waals surface area (Å²) >= 11 is 0. The standard InChI is InChI=1S/C50H64N2O2/c1-47(2,3)35-25-33(45(53)39(27-35)49(7,8)9)29-51-41-23-21-31-17-13-15-19-37(31)43(41)44-38-20-16-14-18-32(38)22-24-42(44)52-30-34-26-36(48(4,5)6)28-40(46(34)54)50(10,11)12/h21-30,53-54H,13-20H2,1-12H3. The molecule has 0 fully saturated rings. The van der Waals surface area contributed by atoms with E-state index >= 15 is 0 Å². The van der Waals surface area contributed by atoms with Gasteiger partial charge in [-0.2, -0.15) is 0 Å². The van der Waals surface area contributed by atoms with E-state index in [1.807, 2.05) is 12.4 Å². The molecule has 2 N–H and O–H groups in total. The number of fused-ring (bicyclic) bond motifs is 2. The van der Waals surface area contributed by atoms with E-state index in [4.69, 9.17) is 9.98 Å². The van der Waals surface area contributed by atoms with Crippen molar-refractivity contribution in [1.29, 1.82) is 0 Å². The van der Waals surface area contributed by atoms with Crippen LogP contribution in [-0.4, -0.2) is 22.6 Å². The van der Waals surface area contributed by atoms with Crippen LogP contribution in [0.3, 0.4) is 0 Å². The van der Waals surface area contributed by atoms with Gasteiger partial charge in [0.15, 0.2) is 0 Å². The fraction of sp³-hybridized carbons (Fsp3) is 0.480. The van der Waals surface area contributed by atoms with Gasteiger partial charge in [0, 0.05) is 45.8 Å². The van der Waals surface area contributed by atoms with Crippen LogP contribution in [0.15, 0.2) is 58.5 Å². The molecule has 0 aliphatic heterocycles. The van der Waals surface area contributed by atoms with Crippen molar-refractivity contribution in [2.45, 2.75) is 156 Å². The van der Waals surface area contributed by atoms with Crippen LogP contribution in [0.1, 0.15) is 164 Å². The lowest BCUT2D eigenvalue weighted by Crippen LogP contribution is -2.17. The molecule has 4 nitrogen and oxygen atoms in total. The van der Waals surface area contributed by atoms with Gasteiger partial charge in [0.25, 0.3) is 0 Å². The van der Waals surface area contributed by atoms with Gasteiger partial charge in [-0.25, -0.2) is 0 Å². The summed E-state index contributed by atoms with van der Waals surface area (Å²) in [5, 5.41) is 23.4. The SMILES string of the molecule is CC(C)(C)c1cc(C=Nc2ccc3c(c2-c2c(N=Cc4cc(C(C)(C)C)cc(C(C)(C)C)c4O)ccc4c2CCCC4)CCCC3)c(O)c(C(C)(C)C)c1. The molecule has 0 amide bonds. The molecule has 4 heteroatoms. The molecule has 0 radical (unpaired) electrons. The highest BCUT2D eigenvalue weighted by molar-refractivity contribution is 5.96. The highest BCUT2D eigenvalue weighted by atomic mass is 16.3. The number of hydrogen-bond acceptors (Lipinski definition) is 4. The summed E-state index contributed by atoms with van der Waals surface area (Å²) in [7, 11) is 0. The first-order valence-electron chi connectivity index (χ1n) is 20.3. The molecule has 0 unspecified atom stereocenters. The van der Waals surface area contributed by atoms with Gasteiger partial charge in [0.05, 0.1) is 11.4 Å². The van der Waals surface area contributed by atoms with E-state index in [0.717, 1.165) is 72.2 Å². The Morgan fingerprint density at radius 2 is 0.815 bits per heavy atom. The first-order valence-corrected chi connectivity index (χ1v) is 20.3. The zero-order chi connectivity index (χ0) is 39.4. The van der Waals surface area contributed by atoms with Crippen LogP contribution in [-0.2, 0) is 47.3 Å². The normalized spacial score (nSPS) is 15.6. The first kappa shape index (κ1) is 39.5. The summed E-state index contributed by atoms with van der Waals surface area (Å²) in [5.74, 6) is 0.598. The third-order valence-electron chi connectivity index (χ3n) is 11.6. The summed E-state index contributed by atoms with van der Waals surface area (Å²) in [6.07, 6.45) is 12.6. The molecule has 4 aromatic rings. The number of aliphatic imine (C=N–C) groups is 2. The van der Waals surface area contributed by atoms with Crippen molar-refractivity contribution in [3.8, 4) is 22.6 Å². The number of benzene rings is 4. The minimum Gasteiger partial charge on any atom is -0.507 e. The molecule has 54 heavy (non-hydrogen) atoms. The second-order valence-corrected chi connectivity index (χ2v) is 20.0. The Balaban J connectivity index is 1.59. The minimum absolute atomic E-state index is 0.0856. The van der Waals surface area contributed by atoms with E-state index in [1.165, 1.54) is 57.3 Å². The molecule has 2 aliphatic rings. The Labute approximate surface area is 325 Å². The van der Waals surface area contributed by atoms with Crippen LogP contribution in [0.4, 0.5) is 11.4 Å². The molecule has 0 spiro atoms. The quantitative estimate of drug-likeness (QED) is 0.201. The number of phenols is 2. The van der Waals surface area contributed by atoms with Crippen molar-refractivity contribution in [1.82, 2.24) is 0 Å². The largest absolute Gasteiger partial charge is 0.507 e. The van der Waals surface area contributed by atoms with Crippen LogP contribution in [0.25, 0.3) is 11.1 Å². The number of aryl methyl sites for hydroxylation is 2. The van der Waals surface area contributed by atoms with Crippen molar-refractivity contribution in [2.24, 2.45) is 9.98 Å². The molecule has 0 saturated carbocycles. The third-order valence-corrected chi connectivity index (χ3v) is 11.6. The highest BCUT2D eigenvalue weighted by Crippen LogP contribution is 2.48. The van der Waals surface area contributed by atoms with E-state index < -0.39 is 0 Å². The van der Waals surface area contributed by atoms with Gasteiger partial charge in [-0.1, -0.05) is 107 Å². The molecule has 4 aromatic carbocycles. The van der Waals surface area contributed by atoms with Gasteiger partial charge in [-0.3, -0.25) is 9.98 Å². The van der Waals surface area contributed by atoms with Crippen molar-refractivity contribution < 1.29 is 10.2 Å².